The first-order chi connectivity index (χ1) is 12.4. The Morgan fingerprint density at radius 3 is 2.15 bits per heavy atom. The standard InChI is InChI=1S/C18H23F3N2O3/c19-18(20,21)11-23-17(24)22-5-3-1-2-4-12-6-13(15-9-25-15)8-14(7-12)16-10-26-16/h6-8,15-16H,1-5,9-11H2,(H2,22,23,24). The number of ether oxygens (including phenoxy) is 2. The molecular weight excluding hydrogens is 349 g/mol. The topological polar surface area (TPSA) is 66.2 Å². The van der Waals surface area contributed by atoms with E-state index in [2.05, 4.69) is 23.5 Å². The number of hydrogen-bond acceptors (Lipinski definition) is 3. The molecule has 2 N–H and O–H groups in total. The molecule has 1 aromatic rings. The molecule has 2 saturated heterocycles. The molecule has 2 aliphatic rings. The predicted molar refractivity (Wildman–Crippen MR) is 88.8 cm³/mol. The number of urea groups is 1. The molecule has 0 aromatic heterocycles. The maximum absolute atomic E-state index is 12.0. The summed E-state index contributed by atoms with van der Waals surface area (Å²) >= 11 is 0. The minimum atomic E-state index is -4.39. The van der Waals surface area contributed by atoms with E-state index in [0.717, 1.165) is 38.9 Å². The number of amides is 2. The first-order valence-electron chi connectivity index (χ1n) is 8.86. The molecule has 2 aliphatic heterocycles. The highest BCUT2D eigenvalue weighted by Crippen LogP contribution is 2.36. The second kappa shape index (κ2) is 8.26. The van der Waals surface area contributed by atoms with Gasteiger partial charge in [0.05, 0.1) is 13.2 Å². The maximum atomic E-state index is 12.0. The van der Waals surface area contributed by atoms with Gasteiger partial charge in [-0.1, -0.05) is 24.6 Å². The van der Waals surface area contributed by atoms with Gasteiger partial charge >= 0.3 is 12.2 Å². The van der Waals surface area contributed by atoms with E-state index >= 15 is 0 Å². The van der Waals surface area contributed by atoms with Gasteiger partial charge in [0, 0.05) is 6.54 Å². The smallest absolute Gasteiger partial charge is 0.368 e. The molecule has 2 heterocycles. The minimum absolute atomic E-state index is 0.215. The summed E-state index contributed by atoms with van der Waals surface area (Å²) in [5.74, 6) is 0. The van der Waals surface area contributed by atoms with Crippen molar-refractivity contribution in [2.24, 2.45) is 0 Å². The van der Waals surface area contributed by atoms with Crippen molar-refractivity contribution in [2.45, 2.75) is 44.1 Å². The minimum Gasteiger partial charge on any atom is -0.368 e. The number of epoxide rings is 2. The highest BCUT2D eigenvalue weighted by atomic mass is 19.4. The number of unbranched alkanes of at least 4 members (excludes halogenated alkanes) is 2. The van der Waals surface area contributed by atoms with Crippen molar-refractivity contribution in [1.82, 2.24) is 10.6 Å². The van der Waals surface area contributed by atoms with Crippen molar-refractivity contribution in [3.63, 3.8) is 0 Å². The van der Waals surface area contributed by atoms with Crippen molar-refractivity contribution in [3.05, 3.63) is 34.9 Å². The molecule has 0 spiro atoms. The van der Waals surface area contributed by atoms with Crippen LogP contribution in [0.1, 0.15) is 48.2 Å². The third-order valence-corrected chi connectivity index (χ3v) is 4.32. The van der Waals surface area contributed by atoms with Crippen LogP contribution in [0.3, 0.4) is 0 Å². The predicted octanol–water partition coefficient (Wildman–Crippen LogP) is 3.40. The molecule has 0 aliphatic carbocycles. The van der Waals surface area contributed by atoms with Crippen molar-refractivity contribution in [2.75, 3.05) is 26.3 Å². The van der Waals surface area contributed by atoms with Crippen LogP contribution in [0.25, 0.3) is 0 Å². The summed E-state index contributed by atoms with van der Waals surface area (Å²) in [6.07, 6.45) is -0.477. The largest absolute Gasteiger partial charge is 0.405 e. The van der Waals surface area contributed by atoms with Gasteiger partial charge in [-0.3, -0.25) is 0 Å². The molecule has 5 nitrogen and oxygen atoms in total. The van der Waals surface area contributed by atoms with Crippen molar-refractivity contribution < 1.29 is 27.4 Å². The van der Waals surface area contributed by atoms with Crippen LogP contribution in [0.2, 0.25) is 0 Å². The fraction of sp³-hybridized carbons (Fsp3) is 0.611. The second-order valence-corrected chi connectivity index (χ2v) is 6.69. The summed E-state index contributed by atoms with van der Waals surface area (Å²) in [5.41, 5.74) is 3.66. The maximum Gasteiger partial charge on any atom is 0.405 e. The van der Waals surface area contributed by atoms with Gasteiger partial charge in [0.2, 0.25) is 0 Å². The van der Waals surface area contributed by atoms with Gasteiger partial charge < -0.3 is 20.1 Å². The van der Waals surface area contributed by atoms with Crippen LogP contribution in [-0.4, -0.2) is 38.5 Å². The van der Waals surface area contributed by atoms with Crippen molar-refractivity contribution >= 4 is 6.03 Å². The van der Waals surface area contributed by atoms with Crippen LogP contribution < -0.4 is 10.6 Å². The number of carbonyl (C=O) groups is 1. The SMILES string of the molecule is O=C(NCCCCCc1cc(C2CO2)cc(C2CO2)c1)NCC(F)(F)F. The molecule has 0 bridgehead atoms. The number of aryl methyl sites for hydroxylation is 1. The quantitative estimate of drug-likeness (QED) is 0.516. The molecule has 144 valence electrons. The summed E-state index contributed by atoms with van der Waals surface area (Å²) in [5, 5.41) is 4.22. The third kappa shape index (κ3) is 6.49. The Morgan fingerprint density at radius 2 is 1.62 bits per heavy atom. The molecule has 0 saturated carbocycles. The lowest BCUT2D eigenvalue weighted by Crippen LogP contribution is -2.41. The van der Waals surface area contributed by atoms with E-state index in [0.29, 0.717) is 6.54 Å². The summed E-state index contributed by atoms with van der Waals surface area (Å²) in [4.78, 5) is 11.2. The van der Waals surface area contributed by atoms with E-state index in [9.17, 15) is 18.0 Å². The summed E-state index contributed by atoms with van der Waals surface area (Å²) in [7, 11) is 0. The monoisotopic (exact) mass is 372 g/mol. The Balaban J connectivity index is 1.33. The highest BCUT2D eigenvalue weighted by Gasteiger charge is 2.30. The molecule has 1 aromatic carbocycles. The van der Waals surface area contributed by atoms with E-state index in [1.165, 1.54) is 16.7 Å². The Kier molecular flexibility index (Phi) is 6.03. The van der Waals surface area contributed by atoms with Crippen LogP contribution in [-0.2, 0) is 15.9 Å². The van der Waals surface area contributed by atoms with Gasteiger partial charge in [-0.25, -0.2) is 4.79 Å². The second-order valence-electron chi connectivity index (χ2n) is 6.69. The third-order valence-electron chi connectivity index (χ3n) is 4.32. The number of nitrogens with one attached hydrogen (secondary N) is 2. The van der Waals surface area contributed by atoms with E-state index in [4.69, 9.17) is 9.47 Å². The first-order valence-corrected chi connectivity index (χ1v) is 8.86. The van der Waals surface area contributed by atoms with E-state index in [1.54, 1.807) is 5.32 Å². The zero-order chi connectivity index (χ0) is 18.6. The number of benzene rings is 1. The van der Waals surface area contributed by atoms with Gasteiger partial charge in [0.25, 0.3) is 0 Å². The summed E-state index contributed by atoms with van der Waals surface area (Å²) < 4.78 is 46.7. The zero-order valence-electron chi connectivity index (χ0n) is 14.4. The highest BCUT2D eigenvalue weighted by molar-refractivity contribution is 5.73. The fourth-order valence-electron chi connectivity index (χ4n) is 2.82. The Hall–Kier alpha value is -1.80. The molecular formula is C18H23F3N2O3. The van der Waals surface area contributed by atoms with Crippen molar-refractivity contribution in [1.29, 1.82) is 0 Å². The van der Waals surface area contributed by atoms with Gasteiger partial charge in [-0.15, -0.1) is 0 Å². The van der Waals surface area contributed by atoms with Gasteiger partial charge in [-0.2, -0.15) is 13.2 Å². The van der Waals surface area contributed by atoms with Gasteiger partial charge in [0.15, 0.2) is 0 Å². The van der Waals surface area contributed by atoms with Crippen LogP contribution in [0, 0.1) is 0 Å². The number of alkyl halides is 3. The molecule has 3 rings (SSSR count). The lowest BCUT2D eigenvalue weighted by Gasteiger charge is -2.10. The fourth-order valence-corrected chi connectivity index (χ4v) is 2.82. The summed E-state index contributed by atoms with van der Waals surface area (Å²) in [6.45, 7) is 0.598. The number of carbonyl (C=O) groups excluding carboxylic acids is 1. The Bertz CT molecular complexity index is 598. The first kappa shape index (κ1) is 19.0. The number of halogens is 3. The van der Waals surface area contributed by atoms with E-state index in [-0.39, 0.29) is 12.2 Å². The van der Waals surface area contributed by atoms with Crippen LogP contribution >= 0.6 is 0 Å². The van der Waals surface area contributed by atoms with Crippen LogP contribution in [0.4, 0.5) is 18.0 Å². The molecule has 26 heavy (non-hydrogen) atoms. The van der Waals surface area contributed by atoms with Crippen LogP contribution in [0.5, 0.6) is 0 Å². The van der Waals surface area contributed by atoms with Crippen molar-refractivity contribution in [3.8, 4) is 0 Å². The van der Waals surface area contributed by atoms with Crippen LogP contribution in [0.15, 0.2) is 18.2 Å². The summed E-state index contributed by atoms with van der Waals surface area (Å²) in [6, 6.07) is 5.72. The Labute approximate surface area is 150 Å². The molecule has 2 fully saturated rings. The van der Waals surface area contributed by atoms with E-state index < -0.39 is 18.8 Å². The molecule has 2 atom stereocenters. The lowest BCUT2D eigenvalue weighted by atomic mass is 9.98. The normalized spacial score (nSPS) is 21.3. The molecule has 2 unspecified atom stereocenters. The number of rotatable bonds is 9. The average Bonchev–Trinajstić information content (AvgIpc) is 3.48. The average molecular weight is 372 g/mol. The van der Waals surface area contributed by atoms with Gasteiger partial charge in [0.1, 0.15) is 18.8 Å². The Morgan fingerprint density at radius 1 is 1.00 bits per heavy atom. The van der Waals surface area contributed by atoms with Gasteiger partial charge in [-0.05, 0) is 36.0 Å². The number of hydrogen-bond donors (Lipinski definition) is 2. The molecule has 0 radical (unpaired) electrons. The lowest BCUT2D eigenvalue weighted by molar-refractivity contribution is -0.122. The zero-order valence-corrected chi connectivity index (χ0v) is 14.4. The molecule has 8 heteroatoms. The molecule has 2 amide bonds. The van der Waals surface area contributed by atoms with E-state index in [1.807, 2.05) is 0 Å².